The quantitative estimate of drug-likeness (QED) is 0.505. The Hall–Kier alpha value is -2.42. The molecule has 0 amide bonds. The van der Waals surface area contributed by atoms with Crippen molar-refractivity contribution >= 4 is 22.6 Å². The van der Waals surface area contributed by atoms with E-state index in [9.17, 15) is 0 Å². The van der Waals surface area contributed by atoms with Crippen LogP contribution >= 0.6 is 11.8 Å². The topological polar surface area (TPSA) is 76.1 Å². The number of anilines is 1. The molecule has 8 heteroatoms. The van der Waals surface area contributed by atoms with E-state index in [2.05, 4.69) is 16.2 Å². The van der Waals surface area contributed by atoms with Gasteiger partial charge in [-0.2, -0.15) is 0 Å². The molecule has 0 radical (unpaired) electrons. The summed E-state index contributed by atoms with van der Waals surface area (Å²) in [7, 11) is 4.84. The maximum Gasteiger partial charge on any atom is 0.203 e. The third-order valence-electron chi connectivity index (χ3n) is 4.46. The van der Waals surface area contributed by atoms with Crippen molar-refractivity contribution in [2.24, 2.45) is 4.99 Å². The number of hydrazine groups is 1. The largest absolute Gasteiger partial charge is 0.493 e. The van der Waals surface area contributed by atoms with Crippen LogP contribution in [-0.2, 0) is 0 Å². The van der Waals surface area contributed by atoms with Gasteiger partial charge in [0.05, 0.1) is 21.3 Å². The molecular weight excluding hydrogens is 376 g/mol. The van der Waals surface area contributed by atoms with Gasteiger partial charge in [-0.15, -0.1) is 0 Å². The first-order valence-electron chi connectivity index (χ1n) is 8.93. The Morgan fingerprint density at radius 3 is 2.29 bits per heavy atom. The van der Waals surface area contributed by atoms with Crippen LogP contribution in [0.25, 0.3) is 0 Å². The summed E-state index contributed by atoms with van der Waals surface area (Å²) >= 11 is 1.58. The SMILES string of the molecule is COc1cc(C2CC(/N=C(/Nc3ccccc3)SC)NN2)cc(OC)c1OC. The molecule has 28 heavy (non-hydrogen) atoms. The molecule has 2 atom stereocenters. The summed E-state index contributed by atoms with van der Waals surface area (Å²) in [6.45, 7) is 0. The highest BCUT2D eigenvalue weighted by Crippen LogP contribution is 2.40. The van der Waals surface area contributed by atoms with Crippen LogP contribution in [-0.4, -0.2) is 38.9 Å². The Morgan fingerprint density at radius 2 is 1.71 bits per heavy atom. The third kappa shape index (κ3) is 4.70. The van der Waals surface area contributed by atoms with E-state index in [0.29, 0.717) is 17.2 Å². The fourth-order valence-electron chi connectivity index (χ4n) is 3.07. The molecule has 0 aromatic heterocycles. The average Bonchev–Trinajstić information content (AvgIpc) is 3.21. The van der Waals surface area contributed by atoms with Crippen molar-refractivity contribution in [3.63, 3.8) is 0 Å². The van der Waals surface area contributed by atoms with Gasteiger partial charge in [-0.3, -0.25) is 0 Å². The van der Waals surface area contributed by atoms with Crippen LogP contribution in [0.15, 0.2) is 47.5 Å². The number of nitrogens with zero attached hydrogens (tertiary/aromatic N) is 1. The molecule has 1 saturated heterocycles. The van der Waals surface area contributed by atoms with E-state index >= 15 is 0 Å². The summed E-state index contributed by atoms with van der Waals surface area (Å²) in [4.78, 5) is 4.79. The van der Waals surface area contributed by atoms with Crippen LogP contribution in [0, 0.1) is 0 Å². The number of rotatable bonds is 6. The minimum absolute atomic E-state index is 0.0530. The van der Waals surface area contributed by atoms with E-state index in [1.54, 1.807) is 33.1 Å². The molecular formula is C20H26N4O3S. The molecule has 0 saturated carbocycles. The van der Waals surface area contributed by atoms with Gasteiger partial charge >= 0.3 is 0 Å². The number of methoxy groups -OCH3 is 3. The zero-order valence-corrected chi connectivity index (χ0v) is 17.3. The molecule has 2 aromatic rings. The zero-order valence-electron chi connectivity index (χ0n) is 16.5. The second-order valence-electron chi connectivity index (χ2n) is 6.18. The Balaban J connectivity index is 1.74. The van der Waals surface area contributed by atoms with Crippen LogP contribution in [0.2, 0.25) is 0 Å². The lowest BCUT2D eigenvalue weighted by atomic mass is 10.0. The molecule has 2 unspecified atom stereocenters. The Kier molecular flexibility index (Phi) is 7.02. The minimum Gasteiger partial charge on any atom is -0.493 e. The summed E-state index contributed by atoms with van der Waals surface area (Å²) in [6.07, 6.45) is 2.75. The van der Waals surface area contributed by atoms with Crippen LogP contribution in [0.3, 0.4) is 0 Å². The number of benzene rings is 2. The van der Waals surface area contributed by atoms with E-state index < -0.39 is 0 Å². The summed E-state index contributed by atoms with van der Waals surface area (Å²) in [5, 5.41) is 4.21. The lowest BCUT2D eigenvalue weighted by molar-refractivity contribution is 0.323. The maximum atomic E-state index is 5.46. The molecule has 1 aliphatic rings. The predicted octanol–water partition coefficient (Wildman–Crippen LogP) is 3.41. The number of aliphatic imine (C=N–C) groups is 1. The van der Waals surface area contributed by atoms with Gasteiger partial charge in [-0.25, -0.2) is 15.8 Å². The summed E-state index contributed by atoms with van der Waals surface area (Å²) in [5.74, 6) is 1.87. The number of ether oxygens (including phenoxy) is 3. The fourth-order valence-corrected chi connectivity index (χ4v) is 3.52. The molecule has 1 heterocycles. The van der Waals surface area contributed by atoms with Gasteiger partial charge in [0.15, 0.2) is 16.7 Å². The normalized spacial score (nSPS) is 19.4. The van der Waals surface area contributed by atoms with E-state index in [1.807, 2.05) is 48.7 Å². The van der Waals surface area contributed by atoms with E-state index in [-0.39, 0.29) is 12.2 Å². The molecule has 3 rings (SSSR count). The molecule has 0 bridgehead atoms. The zero-order chi connectivity index (χ0) is 19.9. The van der Waals surface area contributed by atoms with E-state index in [1.165, 1.54) is 0 Å². The molecule has 150 valence electrons. The number of amidine groups is 1. The number of thioether (sulfide) groups is 1. The Bertz CT molecular complexity index is 791. The van der Waals surface area contributed by atoms with Crippen molar-refractivity contribution in [3.8, 4) is 17.2 Å². The van der Waals surface area contributed by atoms with Gasteiger partial charge in [0.1, 0.15) is 6.17 Å². The van der Waals surface area contributed by atoms with Gasteiger partial charge in [0.2, 0.25) is 5.75 Å². The fraction of sp³-hybridized carbons (Fsp3) is 0.350. The van der Waals surface area contributed by atoms with Crippen molar-refractivity contribution in [1.82, 2.24) is 10.9 Å². The van der Waals surface area contributed by atoms with Gasteiger partial charge in [-0.1, -0.05) is 30.0 Å². The highest BCUT2D eigenvalue weighted by Gasteiger charge is 2.27. The van der Waals surface area contributed by atoms with Crippen molar-refractivity contribution < 1.29 is 14.2 Å². The average molecular weight is 403 g/mol. The molecule has 2 aromatic carbocycles. The number of hydrogen-bond donors (Lipinski definition) is 3. The van der Waals surface area contributed by atoms with Crippen LogP contribution in [0.4, 0.5) is 5.69 Å². The van der Waals surface area contributed by atoms with Crippen LogP contribution in [0.1, 0.15) is 18.0 Å². The van der Waals surface area contributed by atoms with Crippen LogP contribution in [0.5, 0.6) is 17.2 Å². The maximum absolute atomic E-state index is 5.46. The smallest absolute Gasteiger partial charge is 0.203 e. The molecule has 0 spiro atoms. The minimum atomic E-state index is -0.0530. The van der Waals surface area contributed by atoms with E-state index in [0.717, 1.165) is 22.8 Å². The summed E-state index contributed by atoms with van der Waals surface area (Å²) in [5.41, 5.74) is 8.63. The molecule has 1 fully saturated rings. The van der Waals surface area contributed by atoms with Gasteiger partial charge in [0, 0.05) is 18.2 Å². The van der Waals surface area contributed by atoms with Gasteiger partial charge < -0.3 is 19.5 Å². The Morgan fingerprint density at radius 1 is 1.04 bits per heavy atom. The van der Waals surface area contributed by atoms with Crippen molar-refractivity contribution in [3.05, 3.63) is 48.0 Å². The number of nitrogens with one attached hydrogen (secondary N) is 3. The highest BCUT2D eigenvalue weighted by atomic mass is 32.2. The predicted molar refractivity (Wildman–Crippen MR) is 115 cm³/mol. The Labute approximate surface area is 169 Å². The first-order chi connectivity index (χ1) is 13.7. The van der Waals surface area contributed by atoms with Crippen molar-refractivity contribution in [2.75, 3.05) is 32.9 Å². The van der Waals surface area contributed by atoms with Gasteiger partial charge in [0.25, 0.3) is 0 Å². The number of para-hydroxylation sites is 1. The summed E-state index contributed by atoms with van der Waals surface area (Å²) in [6, 6.07) is 14.0. The molecule has 3 N–H and O–H groups in total. The summed E-state index contributed by atoms with van der Waals surface area (Å²) < 4.78 is 16.3. The third-order valence-corrected chi connectivity index (χ3v) is 5.06. The first kappa shape index (κ1) is 20.3. The lowest BCUT2D eigenvalue weighted by Crippen LogP contribution is -2.30. The van der Waals surface area contributed by atoms with E-state index in [4.69, 9.17) is 19.2 Å². The molecule has 1 aliphatic heterocycles. The van der Waals surface area contributed by atoms with Crippen LogP contribution < -0.4 is 30.4 Å². The second-order valence-corrected chi connectivity index (χ2v) is 6.98. The first-order valence-corrected chi connectivity index (χ1v) is 10.2. The molecule has 7 nitrogen and oxygen atoms in total. The van der Waals surface area contributed by atoms with Gasteiger partial charge in [-0.05, 0) is 36.1 Å². The monoisotopic (exact) mass is 402 g/mol. The number of hydrogen-bond acceptors (Lipinski definition) is 7. The molecule has 0 aliphatic carbocycles. The lowest BCUT2D eigenvalue weighted by Gasteiger charge is -2.17. The highest BCUT2D eigenvalue weighted by molar-refractivity contribution is 8.13. The second kappa shape index (κ2) is 9.68. The van der Waals surface area contributed by atoms with Crippen molar-refractivity contribution in [1.29, 1.82) is 0 Å². The standard InChI is InChI=1S/C20H26N4O3S/c1-25-16-10-13(11-17(26-2)19(16)27-3)15-12-18(24-23-15)22-20(28-4)21-14-8-6-5-7-9-14/h5-11,15,18,23-24H,12H2,1-4H3,(H,21,22). The van der Waals surface area contributed by atoms with Crippen molar-refractivity contribution in [2.45, 2.75) is 18.6 Å².